The number of aliphatic hydroxyl groups excluding tert-OH is 1. The lowest BCUT2D eigenvalue weighted by atomic mass is 9.92. The first-order valence-electron chi connectivity index (χ1n) is 10.2. The second kappa shape index (κ2) is 8.56. The van der Waals surface area contributed by atoms with Crippen LogP contribution in [0.1, 0.15) is 48.4 Å². The van der Waals surface area contributed by atoms with Gasteiger partial charge in [-0.05, 0) is 43.0 Å². The average molecular weight is 460 g/mol. The zero-order chi connectivity index (χ0) is 22.3. The van der Waals surface area contributed by atoms with E-state index in [1.807, 2.05) is 31.2 Å². The monoisotopic (exact) mass is 459 g/mol. The Bertz CT molecular complexity index is 1090. The van der Waals surface area contributed by atoms with E-state index < -0.39 is 17.7 Å². The van der Waals surface area contributed by atoms with E-state index in [-0.39, 0.29) is 38.7 Å². The predicted octanol–water partition coefficient (Wildman–Crippen LogP) is 5.67. The van der Waals surface area contributed by atoms with Gasteiger partial charge in [0.2, 0.25) is 0 Å². The SMILES string of the molecule is COc1c(Cl)cc(Cl)cc1/C(O)=C1\C(=O)C(=O)N(C2CCCC2)C1c1ccccc1C. The van der Waals surface area contributed by atoms with Gasteiger partial charge in [0.25, 0.3) is 11.7 Å². The van der Waals surface area contributed by atoms with Gasteiger partial charge in [-0.15, -0.1) is 0 Å². The van der Waals surface area contributed by atoms with Gasteiger partial charge in [-0.3, -0.25) is 9.59 Å². The molecule has 1 atom stereocenters. The van der Waals surface area contributed by atoms with Crippen molar-refractivity contribution in [2.45, 2.75) is 44.7 Å². The van der Waals surface area contributed by atoms with Crippen molar-refractivity contribution in [1.29, 1.82) is 0 Å². The van der Waals surface area contributed by atoms with Gasteiger partial charge in [0, 0.05) is 11.1 Å². The summed E-state index contributed by atoms with van der Waals surface area (Å²) in [7, 11) is 1.42. The molecule has 1 unspecified atom stereocenters. The number of halogens is 2. The standard InChI is InChI=1S/C24H23Cl2NO4/c1-13-7-3-6-10-16(13)20-19(22(29)24(30)27(20)15-8-4-5-9-15)21(28)17-11-14(25)12-18(26)23(17)31-2/h3,6-7,10-12,15,20,28H,4-5,8-9H2,1-2H3/b21-19+. The molecule has 1 amide bonds. The van der Waals surface area contributed by atoms with Gasteiger partial charge in [-0.1, -0.05) is 60.3 Å². The summed E-state index contributed by atoms with van der Waals surface area (Å²) in [6, 6.07) is 9.84. The molecule has 1 saturated carbocycles. The van der Waals surface area contributed by atoms with Crippen LogP contribution < -0.4 is 4.74 Å². The molecule has 7 heteroatoms. The lowest BCUT2D eigenvalue weighted by Crippen LogP contribution is -2.37. The Labute approximate surface area is 191 Å². The van der Waals surface area contributed by atoms with E-state index in [1.165, 1.54) is 19.2 Å². The normalized spacial score (nSPS) is 21.2. The zero-order valence-corrected chi connectivity index (χ0v) is 18.8. The molecular formula is C24H23Cl2NO4. The molecule has 1 aliphatic carbocycles. The minimum Gasteiger partial charge on any atom is -0.507 e. The van der Waals surface area contributed by atoms with Crippen molar-refractivity contribution < 1.29 is 19.4 Å². The number of aryl methyl sites for hydroxylation is 1. The summed E-state index contributed by atoms with van der Waals surface area (Å²) < 4.78 is 5.37. The Morgan fingerprint density at radius 1 is 1.13 bits per heavy atom. The van der Waals surface area contributed by atoms with E-state index in [9.17, 15) is 14.7 Å². The highest BCUT2D eigenvalue weighted by molar-refractivity contribution is 6.47. The Kier molecular flexibility index (Phi) is 6.00. The molecule has 2 aliphatic rings. The number of amides is 1. The Morgan fingerprint density at radius 3 is 2.45 bits per heavy atom. The van der Waals surface area contributed by atoms with Crippen LogP contribution in [0.4, 0.5) is 0 Å². The van der Waals surface area contributed by atoms with E-state index in [2.05, 4.69) is 0 Å². The molecule has 1 aliphatic heterocycles. The predicted molar refractivity (Wildman–Crippen MR) is 121 cm³/mol. The zero-order valence-electron chi connectivity index (χ0n) is 17.3. The molecule has 0 spiro atoms. The summed E-state index contributed by atoms with van der Waals surface area (Å²) in [6.07, 6.45) is 3.68. The summed E-state index contributed by atoms with van der Waals surface area (Å²) in [5, 5.41) is 11.8. The van der Waals surface area contributed by atoms with Crippen LogP contribution in [0.5, 0.6) is 5.75 Å². The molecule has 5 nitrogen and oxygen atoms in total. The van der Waals surface area contributed by atoms with Gasteiger partial charge < -0.3 is 14.7 Å². The number of nitrogens with zero attached hydrogens (tertiary/aromatic N) is 1. The van der Waals surface area contributed by atoms with E-state index in [4.69, 9.17) is 27.9 Å². The fourth-order valence-corrected chi connectivity index (χ4v) is 5.27. The molecule has 2 fully saturated rings. The molecule has 0 bridgehead atoms. The van der Waals surface area contributed by atoms with E-state index >= 15 is 0 Å². The Hall–Kier alpha value is -2.50. The summed E-state index contributed by atoms with van der Waals surface area (Å²) >= 11 is 12.4. The van der Waals surface area contributed by atoms with Gasteiger partial charge in [0.05, 0.1) is 29.3 Å². The number of benzene rings is 2. The number of aliphatic hydroxyl groups is 1. The number of hydrogen-bond acceptors (Lipinski definition) is 4. The van der Waals surface area contributed by atoms with Crippen molar-refractivity contribution in [2.75, 3.05) is 7.11 Å². The smallest absolute Gasteiger partial charge is 0.295 e. The van der Waals surface area contributed by atoms with E-state index in [0.717, 1.165) is 36.8 Å². The maximum absolute atomic E-state index is 13.2. The molecule has 1 N–H and O–H groups in total. The third kappa shape index (κ3) is 3.70. The highest BCUT2D eigenvalue weighted by Crippen LogP contribution is 2.46. The third-order valence-electron chi connectivity index (χ3n) is 6.15. The van der Waals surface area contributed by atoms with Crippen molar-refractivity contribution in [2.24, 2.45) is 0 Å². The molecule has 0 radical (unpaired) electrons. The first kappa shape index (κ1) is 21.7. The first-order valence-corrected chi connectivity index (χ1v) is 11.0. The molecule has 1 heterocycles. The van der Waals surface area contributed by atoms with Crippen LogP contribution in [0, 0.1) is 6.92 Å². The molecule has 4 rings (SSSR count). The van der Waals surface area contributed by atoms with Crippen molar-refractivity contribution in [3.05, 3.63) is 68.7 Å². The number of ether oxygens (including phenoxy) is 1. The lowest BCUT2D eigenvalue weighted by molar-refractivity contribution is -0.141. The number of Topliss-reactive ketones (excluding diaryl/α,β-unsaturated/α-hetero) is 1. The van der Waals surface area contributed by atoms with Crippen molar-refractivity contribution in [3.8, 4) is 5.75 Å². The summed E-state index contributed by atoms with van der Waals surface area (Å²) in [5.74, 6) is -1.45. The number of ketones is 1. The van der Waals surface area contributed by atoms with Crippen molar-refractivity contribution in [3.63, 3.8) is 0 Å². The maximum Gasteiger partial charge on any atom is 0.295 e. The topological polar surface area (TPSA) is 66.8 Å². The average Bonchev–Trinajstić information content (AvgIpc) is 3.34. The molecule has 2 aromatic carbocycles. The number of methoxy groups -OCH3 is 1. The summed E-state index contributed by atoms with van der Waals surface area (Å²) in [6.45, 7) is 1.93. The minimum absolute atomic E-state index is 0.0304. The van der Waals surface area contributed by atoms with Gasteiger partial charge in [0.15, 0.2) is 0 Å². The molecule has 162 valence electrons. The molecule has 2 aromatic rings. The second-order valence-corrected chi connectivity index (χ2v) is 8.81. The van der Waals surface area contributed by atoms with Crippen LogP contribution in [0.2, 0.25) is 10.0 Å². The lowest BCUT2D eigenvalue weighted by Gasteiger charge is -2.31. The highest BCUT2D eigenvalue weighted by atomic mass is 35.5. The fraction of sp³-hybridized carbons (Fsp3) is 0.333. The van der Waals surface area contributed by atoms with Crippen LogP contribution in [0.15, 0.2) is 42.0 Å². The maximum atomic E-state index is 13.2. The number of carbonyl (C=O) groups excluding carboxylic acids is 2. The fourth-order valence-electron chi connectivity index (χ4n) is 4.70. The minimum atomic E-state index is -0.712. The first-order chi connectivity index (χ1) is 14.8. The molecular weight excluding hydrogens is 437 g/mol. The van der Waals surface area contributed by atoms with Crippen LogP contribution in [0.3, 0.4) is 0 Å². The van der Waals surface area contributed by atoms with Crippen LogP contribution in [0.25, 0.3) is 5.76 Å². The third-order valence-corrected chi connectivity index (χ3v) is 6.65. The molecule has 0 aromatic heterocycles. The van der Waals surface area contributed by atoms with E-state index in [1.54, 1.807) is 4.90 Å². The number of likely N-dealkylation sites (tertiary alicyclic amines) is 1. The largest absolute Gasteiger partial charge is 0.507 e. The second-order valence-electron chi connectivity index (χ2n) is 7.97. The highest BCUT2D eigenvalue weighted by Gasteiger charge is 2.49. The number of rotatable bonds is 4. The van der Waals surface area contributed by atoms with Crippen molar-refractivity contribution in [1.82, 2.24) is 4.90 Å². The van der Waals surface area contributed by atoms with Crippen LogP contribution in [-0.2, 0) is 9.59 Å². The number of carbonyl (C=O) groups is 2. The summed E-state index contributed by atoms with van der Waals surface area (Å²) in [4.78, 5) is 28.1. The van der Waals surface area contributed by atoms with Gasteiger partial charge in [0.1, 0.15) is 11.5 Å². The van der Waals surface area contributed by atoms with Gasteiger partial charge in [-0.25, -0.2) is 0 Å². The molecule has 1 saturated heterocycles. The van der Waals surface area contributed by atoms with Crippen LogP contribution in [-0.4, -0.2) is 34.8 Å². The molecule has 31 heavy (non-hydrogen) atoms. The Balaban J connectivity index is 1.98. The van der Waals surface area contributed by atoms with E-state index in [0.29, 0.717) is 0 Å². The summed E-state index contributed by atoms with van der Waals surface area (Å²) in [5.41, 5.74) is 1.95. The van der Waals surface area contributed by atoms with Crippen molar-refractivity contribution >= 4 is 40.7 Å². The van der Waals surface area contributed by atoms with Crippen LogP contribution >= 0.6 is 23.2 Å². The van der Waals surface area contributed by atoms with Gasteiger partial charge in [-0.2, -0.15) is 0 Å². The number of hydrogen-bond donors (Lipinski definition) is 1. The Morgan fingerprint density at radius 2 is 1.81 bits per heavy atom. The van der Waals surface area contributed by atoms with Gasteiger partial charge >= 0.3 is 0 Å². The quantitative estimate of drug-likeness (QED) is 0.363.